The van der Waals surface area contributed by atoms with Crippen LogP contribution in [0.1, 0.15) is 142 Å². The number of unbranched alkanes of at least 4 members (excludes halogenated alkanes) is 17. The Balaban J connectivity index is 1.43. The molecule has 0 atom stereocenters. The highest BCUT2D eigenvalue weighted by Gasteiger charge is 2.13. The molecule has 0 aromatic heterocycles. The monoisotopic (exact) mass is 623 g/mol. The van der Waals surface area contributed by atoms with E-state index in [0.717, 1.165) is 59.8 Å². The summed E-state index contributed by atoms with van der Waals surface area (Å²) in [4.78, 5) is 0. The van der Waals surface area contributed by atoms with Crippen molar-refractivity contribution in [3.63, 3.8) is 0 Å². The molecule has 45 heavy (non-hydrogen) atoms. The van der Waals surface area contributed by atoms with Gasteiger partial charge < -0.3 is 14.0 Å². The molecule has 254 valence electrons. The maximum Gasteiger partial charge on any atom is 0.119 e. The number of hydrogen-bond acceptors (Lipinski definition) is 4. The molecule has 0 unspecified atom stereocenters. The molecule has 2 aromatic rings. The number of quaternary nitrogens is 1. The number of hydrogen-bond donors (Lipinski definition) is 0. The Bertz CT molecular complexity index is 972. The first-order valence-corrected chi connectivity index (χ1v) is 18.7. The van der Waals surface area contributed by atoms with E-state index in [2.05, 4.69) is 38.2 Å². The molecule has 0 aliphatic rings. The average molecular weight is 623 g/mol. The molecule has 2 rings (SSSR count). The van der Waals surface area contributed by atoms with Gasteiger partial charge in [-0.3, -0.25) is 0 Å². The molecule has 0 aliphatic carbocycles. The van der Waals surface area contributed by atoms with E-state index < -0.39 is 0 Å². The molecule has 0 saturated carbocycles. The third-order valence-corrected chi connectivity index (χ3v) is 8.76. The van der Waals surface area contributed by atoms with E-state index in [4.69, 9.17) is 9.47 Å². The Labute approximate surface area is 277 Å². The lowest BCUT2D eigenvalue weighted by molar-refractivity contribution is -0.890. The molecule has 5 heteroatoms. The minimum atomic E-state index is 0.753. The largest absolute Gasteiger partial charge is 0.494 e. The highest BCUT2D eigenvalue weighted by atomic mass is 16.5. The Morgan fingerprint density at radius 2 is 0.756 bits per heavy atom. The van der Waals surface area contributed by atoms with Gasteiger partial charge in [-0.15, -0.1) is 0 Å². The van der Waals surface area contributed by atoms with Gasteiger partial charge in [-0.2, -0.15) is 10.2 Å². The summed E-state index contributed by atoms with van der Waals surface area (Å²) in [6, 6.07) is 15.6. The van der Waals surface area contributed by atoms with Crippen LogP contribution >= 0.6 is 0 Å². The van der Waals surface area contributed by atoms with E-state index in [0.29, 0.717) is 0 Å². The quantitative estimate of drug-likeness (QED) is 0.0514. The third-order valence-electron chi connectivity index (χ3n) is 8.76. The lowest BCUT2D eigenvalue weighted by Crippen LogP contribution is -2.41. The maximum atomic E-state index is 5.99. The number of nitrogens with zero attached hydrogens (tertiary/aromatic N) is 3. The molecule has 0 radical (unpaired) electrons. The van der Waals surface area contributed by atoms with Crippen molar-refractivity contribution in [3.8, 4) is 11.5 Å². The van der Waals surface area contributed by atoms with E-state index >= 15 is 0 Å². The molecule has 0 N–H and O–H groups in total. The van der Waals surface area contributed by atoms with E-state index in [1.165, 1.54) is 122 Å². The van der Waals surface area contributed by atoms with Gasteiger partial charge in [-0.05, 0) is 80.6 Å². The van der Waals surface area contributed by atoms with Crippen molar-refractivity contribution in [1.29, 1.82) is 0 Å². The summed E-state index contributed by atoms with van der Waals surface area (Å²) in [5.41, 5.74) is 1.63. The van der Waals surface area contributed by atoms with Crippen LogP contribution in [0.3, 0.4) is 0 Å². The zero-order valence-electron chi connectivity index (χ0n) is 29.7. The van der Waals surface area contributed by atoms with E-state index in [1.807, 2.05) is 48.5 Å². The van der Waals surface area contributed by atoms with Gasteiger partial charge in [0.25, 0.3) is 0 Å². The Morgan fingerprint density at radius 1 is 0.422 bits per heavy atom. The predicted octanol–water partition coefficient (Wildman–Crippen LogP) is 12.8. The second-order valence-corrected chi connectivity index (χ2v) is 13.6. The van der Waals surface area contributed by atoms with Crippen molar-refractivity contribution in [3.05, 3.63) is 48.5 Å². The van der Waals surface area contributed by atoms with Gasteiger partial charge >= 0.3 is 0 Å². The molecular formula is C40H68N3O2+. The summed E-state index contributed by atoms with van der Waals surface area (Å²) in [6.45, 7) is 8.47. The van der Waals surface area contributed by atoms with Crippen LogP contribution in [0.2, 0.25) is 0 Å². The van der Waals surface area contributed by atoms with Gasteiger partial charge in [0.1, 0.15) is 11.5 Å². The van der Waals surface area contributed by atoms with Crippen LogP contribution in [0.5, 0.6) is 11.5 Å². The van der Waals surface area contributed by atoms with Gasteiger partial charge in [0, 0.05) is 0 Å². The molecular weight excluding hydrogens is 554 g/mol. The second-order valence-electron chi connectivity index (χ2n) is 13.6. The Kier molecular flexibility index (Phi) is 22.2. The standard InChI is InChI=1S/C40H68N3O2/c1-5-7-9-10-11-12-13-14-15-16-17-18-19-20-21-22-33-43(3,4)34-23-24-36-45-40-31-27-38(28-32-40)42-41-37-25-29-39(30-26-37)44-35-8-6-2/h25-32H,5-24,33-36H2,1-4H3/q+1. The predicted molar refractivity (Wildman–Crippen MR) is 194 cm³/mol. The number of azo groups is 1. The molecule has 2 aromatic carbocycles. The van der Waals surface area contributed by atoms with Crippen LogP contribution in [0, 0.1) is 0 Å². The fourth-order valence-corrected chi connectivity index (χ4v) is 5.70. The van der Waals surface area contributed by atoms with Gasteiger partial charge in [-0.25, -0.2) is 0 Å². The van der Waals surface area contributed by atoms with Crippen LogP contribution in [0.4, 0.5) is 11.4 Å². The summed E-state index contributed by atoms with van der Waals surface area (Å²) in [5, 5.41) is 8.70. The molecule has 0 amide bonds. The number of benzene rings is 2. The molecule has 5 nitrogen and oxygen atoms in total. The van der Waals surface area contributed by atoms with Crippen LogP contribution in [-0.4, -0.2) is 44.9 Å². The topological polar surface area (TPSA) is 43.2 Å². The van der Waals surface area contributed by atoms with Crippen LogP contribution in [0.25, 0.3) is 0 Å². The van der Waals surface area contributed by atoms with E-state index in [1.54, 1.807) is 0 Å². The third kappa shape index (κ3) is 21.1. The second kappa shape index (κ2) is 25.8. The van der Waals surface area contributed by atoms with Crippen molar-refractivity contribution < 1.29 is 14.0 Å². The zero-order valence-corrected chi connectivity index (χ0v) is 29.7. The highest BCUT2D eigenvalue weighted by Crippen LogP contribution is 2.23. The first kappa shape index (κ1) is 38.8. The minimum Gasteiger partial charge on any atom is -0.494 e. The van der Waals surface area contributed by atoms with Crippen LogP contribution in [-0.2, 0) is 0 Å². The van der Waals surface area contributed by atoms with Crippen molar-refractivity contribution in [2.45, 2.75) is 142 Å². The Morgan fingerprint density at radius 3 is 1.16 bits per heavy atom. The lowest BCUT2D eigenvalue weighted by Gasteiger charge is -2.30. The van der Waals surface area contributed by atoms with Crippen LogP contribution < -0.4 is 9.47 Å². The van der Waals surface area contributed by atoms with Crippen molar-refractivity contribution in [2.75, 3.05) is 40.4 Å². The van der Waals surface area contributed by atoms with Gasteiger partial charge in [-0.1, -0.05) is 110 Å². The fraction of sp³-hybridized carbons (Fsp3) is 0.700. The fourth-order valence-electron chi connectivity index (χ4n) is 5.70. The molecule has 0 spiro atoms. The van der Waals surface area contributed by atoms with Crippen molar-refractivity contribution in [1.82, 2.24) is 0 Å². The molecule has 0 heterocycles. The summed E-state index contributed by atoms with van der Waals surface area (Å²) in [7, 11) is 4.77. The maximum absolute atomic E-state index is 5.99. The first-order valence-electron chi connectivity index (χ1n) is 18.7. The summed E-state index contributed by atoms with van der Waals surface area (Å²) in [5.74, 6) is 1.77. The van der Waals surface area contributed by atoms with Gasteiger partial charge in [0.05, 0.1) is 51.8 Å². The summed E-state index contributed by atoms with van der Waals surface area (Å²) < 4.78 is 12.8. The SMILES string of the molecule is CCCCCCCCCCCCCCCCCC[N+](C)(C)CCCCOc1ccc(N=Nc2ccc(OCCCC)cc2)cc1. The van der Waals surface area contributed by atoms with Gasteiger partial charge in [0.2, 0.25) is 0 Å². The van der Waals surface area contributed by atoms with E-state index in [9.17, 15) is 0 Å². The van der Waals surface area contributed by atoms with Gasteiger partial charge in [0.15, 0.2) is 0 Å². The summed E-state index contributed by atoms with van der Waals surface area (Å²) >= 11 is 0. The van der Waals surface area contributed by atoms with Crippen molar-refractivity contribution >= 4 is 11.4 Å². The molecule has 0 aliphatic heterocycles. The number of rotatable bonds is 29. The van der Waals surface area contributed by atoms with Crippen molar-refractivity contribution in [2.24, 2.45) is 10.2 Å². The molecule has 0 fully saturated rings. The van der Waals surface area contributed by atoms with E-state index in [-0.39, 0.29) is 0 Å². The lowest BCUT2D eigenvalue weighted by atomic mass is 10.0. The zero-order chi connectivity index (χ0) is 32.3. The average Bonchev–Trinajstić information content (AvgIpc) is 3.04. The molecule has 0 saturated heterocycles. The number of ether oxygens (including phenoxy) is 2. The smallest absolute Gasteiger partial charge is 0.119 e. The Hall–Kier alpha value is -2.40. The summed E-state index contributed by atoms with van der Waals surface area (Å²) in [6.07, 6.45) is 27.4. The highest BCUT2D eigenvalue weighted by molar-refractivity contribution is 5.44. The van der Waals surface area contributed by atoms with Crippen LogP contribution in [0.15, 0.2) is 58.8 Å². The first-order chi connectivity index (χ1) is 22.0. The minimum absolute atomic E-state index is 0.753. The molecule has 0 bridgehead atoms. The normalized spacial score (nSPS) is 11.8.